The van der Waals surface area contributed by atoms with Gasteiger partial charge in [-0.1, -0.05) is 0 Å². The first-order valence-corrected chi connectivity index (χ1v) is 4.87. The summed E-state index contributed by atoms with van der Waals surface area (Å²) < 4.78 is 1.76. The number of nitrogens with one attached hydrogen (secondary N) is 1. The Morgan fingerprint density at radius 3 is 2.94 bits per heavy atom. The molecule has 6 nitrogen and oxygen atoms in total. The summed E-state index contributed by atoms with van der Waals surface area (Å²) in [5.41, 5.74) is 2.43. The molecule has 0 saturated carbocycles. The molecule has 1 N–H and O–H groups in total. The van der Waals surface area contributed by atoms with Crippen LogP contribution in [-0.2, 0) is 0 Å². The normalized spacial score (nSPS) is 11.4. The first-order valence-electron chi connectivity index (χ1n) is 4.87. The average Bonchev–Trinajstić information content (AvgIpc) is 2.65. The molecule has 0 spiro atoms. The van der Waals surface area contributed by atoms with Crippen LogP contribution >= 0.6 is 0 Å². The Balaban J connectivity index is 2.70. The first kappa shape index (κ1) is 9.02. The molecule has 0 saturated heterocycles. The van der Waals surface area contributed by atoms with Crippen LogP contribution in [0.3, 0.4) is 0 Å². The molecule has 0 unspecified atom stereocenters. The molecule has 0 bridgehead atoms. The molecule has 0 amide bonds. The van der Waals surface area contributed by atoms with Gasteiger partial charge >= 0.3 is 5.56 Å². The number of fused-ring (bicyclic) bond motifs is 3. The second kappa shape index (κ2) is 2.88. The highest BCUT2D eigenvalue weighted by atomic mass is 16.1. The Hall–Kier alpha value is -2.24. The fourth-order valence-corrected chi connectivity index (χ4v) is 1.86. The maximum atomic E-state index is 11.6. The van der Waals surface area contributed by atoms with E-state index in [1.807, 2.05) is 19.9 Å². The van der Waals surface area contributed by atoms with E-state index < -0.39 is 0 Å². The predicted molar refractivity (Wildman–Crippen MR) is 58.4 cm³/mol. The summed E-state index contributed by atoms with van der Waals surface area (Å²) in [5, 5.41) is 0. The minimum Gasteiger partial charge on any atom is -0.339 e. The maximum absolute atomic E-state index is 11.6. The van der Waals surface area contributed by atoms with Crippen molar-refractivity contribution in [2.75, 3.05) is 0 Å². The van der Waals surface area contributed by atoms with Crippen molar-refractivity contribution in [1.82, 2.24) is 24.3 Å². The van der Waals surface area contributed by atoms with Crippen molar-refractivity contribution >= 4 is 16.9 Å². The van der Waals surface area contributed by atoms with Crippen molar-refractivity contribution in [2.45, 2.75) is 13.8 Å². The molecule has 0 aliphatic carbocycles. The van der Waals surface area contributed by atoms with E-state index in [1.165, 1.54) is 6.33 Å². The van der Waals surface area contributed by atoms with Crippen LogP contribution in [0.2, 0.25) is 0 Å². The number of hydrogen-bond acceptors (Lipinski definition) is 4. The fraction of sp³-hybridized carbons (Fsp3) is 0.200. The highest BCUT2D eigenvalue weighted by Gasteiger charge is 2.10. The van der Waals surface area contributed by atoms with Crippen molar-refractivity contribution in [3.8, 4) is 0 Å². The van der Waals surface area contributed by atoms with Gasteiger partial charge in [0.2, 0.25) is 5.78 Å². The number of nitrogens with zero attached hydrogens (tertiary/aromatic N) is 4. The van der Waals surface area contributed by atoms with E-state index >= 15 is 0 Å². The summed E-state index contributed by atoms with van der Waals surface area (Å²) in [7, 11) is 0. The molecule has 0 radical (unpaired) electrons. The topological polar surface area (TPSA) is 75.9 Å². The van der Waals surface area contributed by atoms with Gasteiger partial charge in [-0.25, -0.2) is 9.97 Å². The van der Waals surface area contributed by atoms with Gasteiger partial charge in [0, 0.05) is 11.4 Å². The summed E-state index contributed by atoms with van der Waals surface area (Å²) in [6.07, 6.45) is 1.49. The van der Waals surface area contributed by atoms with Crippen molar-refractivity contribution < 1.29 is 0 Å². The third-order valence-electron chi connectivity index (χ3n) is 2.49. The van der Waals surface area contributed by atoms with E-state index in [-0.39, 0.29) is 5.56 Å². The van der Waals surface area contributed by atoms with Crippen molar-refractivity contribution in [1.29, 1.82) is 0 Å². The lowest BCUT2D eigenvalue weighted by Crippen LogP contribution is -2.13. The van der Waals surface area contributed by atoms with Gasteiger partial charge < -0.3 is 4.98 Å². The second-order valence-corrected chi connectivity index (χ2v) is 3.69. The predicted octanol–water partition coefficient (Wildman–Crippen LogP) is 0.583. The number of H-pyrrole nitrogens is 1. The Morgan fingerprint density at radius 1 is 1.31 bits per heavy atom. The van der Waals surface area contributed by atoms with Crippen LogP contribution in [0, 0.1) is 13.8 Å². The lowest BCUT2D eigenvalue weighted by molar-refractivity contribution is 0.981. The molecular formula is C10H9N5O. The zero-order valence-electron chi connectivity index (χ0n) is 8.85. The molecule has 80 valence electrons. The van der Waals surface area contributed by atoms with Crippen molar-refractivity contribution in [3.63, 3.8) is 0 Å². The van der Waals surface area contributed by atoms with Crippen LogP contribution in [-0.4, -0.2) is 24.3 Å². The summed E-state index contributed by atoms with van der Waals surface area (Å²) in [4.78, 5) is 26.7. The van der Waals surface area contributed by atoms with Crippen molar-refractivity contribution in [3.05, 3.63) is 34.1 Å². The van der Waals surface area contributed by atoms with Gasteiger partial charge in [0.1, 0.15) is 0 Å². The van der Waals surface area contributed by atoms with Crippen LogP contribution < -0.4 is 5.56 Å². The molecule has 0 aromatic carbocycles. The quantitative estimate of drug-likeness (QED) is 0.595. The smallest absolute Gasteiger partial charge is 0.300 e. The monoisotopic (exact) mass is 215 g/mol. The second-order valence-electron chi connectivity index (χ2n) is 3.69. The molecule has 3 aromatic heterocycles. The van der Waals surface area contributed by atoms with E-state index in [1.54, 1.807) is 4.40 Å². The number of hydrogen-bond donors (Lipinski definition) is 1. The lowest BCUT2D eigenvalue weighted by Gasteiger charge is -2.05. The highest BCUT2D eigenvalue weighted by Crippen LogP contribution is 2.10. The van der Waals surface area contributed by atoms with Crippen LogP contribution in [0.1, 0.15) is 11.4 Å². The first-order chi connectivity index (χ1) is 7.66. The Labute approximate surface area is 90.0 Å². The molecule has 0 atom stereocenters. The Kier molecular flexibility index (Phi) is 1.62. The molecule has 3 rings (SSSR count). The van der Waals surface area contributed by atoms with E-state index in [9.17, 15) is 4.79 Å². The van der Waals surface area contributed by atoms with Crippen LogP contribution in [0.15, 0.2) is 17.2 Å². The fourth-order valence-electron chi connectivity index (χ4n) is 1.86. The van der Waals surface area contributed by atoms with Gasteiger partial charge in [-0.15, -0.1) is 0 Å². The van der Waals surface area contributed by atoms with Gasteiger partial charge in [0.15, 0.2) is 11.2 Å². The minimum absolute atomic E-state index is 0.329. The summed E-state index contributed by atoms with van der Waals surface area (Å²) in [6.45, 7) is 3.80. The van der Waals surface area contributed by atoms with Gasteiger partial charge in [-0.2, -0.15) is 4.98 Å². The molecule has 0 aliphatic heterocycles. The van der Waals surface area contributed by atoms with Gasteiger partial charge in [-0.3, -0.25) is 9.20 Å². The Morgan fingerprint density at radius 2 is 2.12 bits per heavy atom. The molecule has 16 heavy (non-hydrogen) atoms. The zero-order chi connectivity index (χ0) is 11.3. The highest BCUT2D eigenvalue weighted by molar-refractivity contribution is 5.72. The number of aryl methyl sites for hydroxylation is 2. The van der Waals surface area contributed by atoms with Gasteiger partial charge in [0.25, 0.3) is 0 Å². The van der Waals surface area contributed by atoms with E-state index in [2.05, 4.69) is 19.9 Å². The molecular weight excluding hydrogens is 206 g/mol. The van der Waals surface area contributed by atoms with Crippen LogP contribution in [0.4, 0.5) is 0 Å². The number of rotatable bonds is 0. The van der Waals surface area contributed by atoms with E-state index in [4.69, 9.17) is 0 Å². The SMILES string of the molecule is Cc1cc(C)n2c(n1)nc(=O)c1[nH]cnc12. The number of imidazole rings is 1. The number of aromatic nitrogens is 5. The lowest BCUT2D eigenvalue weighted by atomic mass is 10.3. The minimum atomic E-state index is -0.329. The van der Waals surface area contributed by atoms with E-state index in [0.29, 0.717) is 16.9 Å². The average molecular weight is 215 g/mol. The molecule has 0 aliphatic rings. The zero-order valence-corrected chi connectivity index (χ0v) is 8.85. The van der Waals surface area contributed by atoms with Crippen molar-refractivity contribution in [2.24, 2.45) is 0 Å². The van der Waals surface area contributed by atoms with Crippen LogP contribution in [0.5, 0.6) is 0 Å². The summed E-state index contributed by atoms with van der Waals surface area (Å²) in [6, 6.07) is 1.92. The standard InChI is InChI=1S/C10H9N5O/c1-5-3-6(2)15-8-7(11-4-12-8)9(16)14-10(15)13-5/h3-4H,1-2H3,(H,11,12). The maximum Gasteiger partial charge on any atom is 0.300 e. The third kappa shape index (κ3) is 1.06. The largest absolute Gasteiger partial charge is 0.339 e. The van der Waals surface area contributed by atoms with E-state index in [0.717, 1.165) is 11.4 Å². The van der Waals surface area contributed by atoms with Gasteiger partial charge in [0.05, 0.1) is 6.33 Å². The third-order valence-corrected chi connectivity index (χ3v) is 2.49. The molecule has 3 heterocycles. The molecule has 6 heteroatoms. The summed E-state index contributed by atoms with van der Waals surface area (Å²) in [5.74, 6) is 0.391. The summed E-state index contributed by atoms with van der Waals surface area (Å²) >= 11 is 0. The van der Waals surface area contributed by atoms with Crippen LogP contribution in [0.25, 0.3) is 16.9 Å². The molecule has 3 aromatic rings. The molecule has 0 fully saturated rings. The van der Waals surface area contributed by atoms with Gasteiger partial charge in [-0.05, 0) is 19.9 Å². The Bertz CT molecular complexity index is 755. The number of aromatic amines is 1.